The minimum atomic E-state index is 0. The number of benzene rings is 1. The minimum absolute atomic E-state index is 0. The van der Waals surface area contributed by atoms with Gasteiger partial charge in [-0.2, -0.15) is 0 Å². The average molecular weight is 184 g/mol. The first-order valence-electron chi connectivity index (χ1n) is 3.35. The molecular formula is C9H12Cu+2. The van der Waals surface area contributed by atoms with E-state index in [1.54, 1.807) is 0 Å². The third-order valence-corrected chi connectivity index (χ3v) is 1.47. The molecule has 0 aliphatic rings. The molecule has 10 heavy (non-hydrogen) atoms. The van der Waals surface area contributed by atoms with Gasteiger partial charge in [0, 0.05) is 0 Å². The second-order valence-corrected chi connectivity index (χ2v) is 2.57. The second kappa shape index (κ2) is 4.54. The molecule has 0 N–H and O–H groups in total. The van der Waals surface area contributed by atoms with Crippen molar-refractivity contribution in [1.82, 2.24) is 0 Å². The third kappa shape index (κ3) is 2.55. The predicted molar refractivity (Wildman–Crippen MR) is 40.5 cm³/mol. The first kappa shape index (κ1) is 9.74. The smallest absolute Gasteiger partial charge is 0.0622 e. The maximum atomic E-state index is 2.20. The summed E-state index contributed by atoms with van der Waals surface area (Å²) >= 11 is 0. The van der Waals surface area contributed by atoms with Gasteiger partial charge in [0.2, 0.25) is 0 Å². The summed E-state index contributed by atoms with van der Waals surface area (Å²) in [5.41, 5.74) is 1.41. The monoisotopic (exact) mass is 183 g/mol. The molecule has 57 valence electrons. The molecule has 1 rings (SSSR count). The van der Waals surface area contributed by atoms with Crippen LogP contribution in [-0.2, 0) is 17.1 Å². The first-order chi connectivity index (χ1) is 4.30. The Kier molecular flexibility index (Phi) is 4.42. The van der Waals surface area contributed by atoms with E-state index in [0.717, 1.165) is 0 Å². The van der Waals surface area contributed by atoms with Gasteiger partial charge >= 0.3 is 17.1 Å². The Hall–Kier alpha value is -0.261. The molecule has 0 aromatic heterocycles. The fourth-order valence-corrected chi connectivity index (χ4v) is 0.838. The van der Waals surface area contributed by atoms with E-state index in [0.29, 0.717) is 5.92 Å². The summed E-state index contributed by atoms with van der Waals surface area (Å²) in [6.45, 7) is 4.41. The summed E-state index contributed by atoms with van der Waals surface area (Å²) in [4.78, 5) is 0. The summed E-state index contributed by atoms with van der Waals surface area (Å²) in [5.74, 6) is 0.659. The van der Waals surface area contributed by atoms with E-state index in [1.165, 1.54) is 5.56 Å². The zero-order valence-corrected chi connectivity index (χ0v) is 7.21. The summed E-state index contributed by atoms with van der Waals surface area (Å²) < 4.78 is 0. The zero-order valence-electron chi connectivity index (χ0n) is 6.27. The van der Waals surface area contributed by atoms with Gasteiger partial charge in [-0.05, 0) is 11.5 Å². The molecule has 0 atom stereocenters. The zero-order chi connectivity index (χ0) is 6.69. The molecule has 0 aliphatic heterocycles. The van der Waals surface area contributed by atoms with Gasteiger partial charge in [-0.15, -0.1) is 0 Å². The van der Waals surface area contributed by atoms with Gasteiger partial charge in [-0.1, -0.05) is 44.2 Å². The van der Waals surface area contributed by atoms with Gasteiger partial charge in [0.1, 0.15) is 0 Å². The van der Waals surface area contributed by atoms with Crippen molar-refractivity contribution >= 4 is 0 Å². The Morgan fingerprint density at radius 3 is 1.80 bits per heavy atom. The van der Waals surface area contributed by atoms with Gasteiger partial charge in [0.15, 0.2) is 0 Å². The predicted octanol–water partition coefficient (Wildman–Crippen LogP) is 2.81. The van der Waals surface area contributed by atoms with Crippen molar-refractivity contribution in [1.29, 1.82) is 0 Å². The molecule has 0 fully saturated rings. The van der Waals surface area contributed by atoms with Crippen LogP contribution in [0.15, 0.2) is 30.3 Å². The van der Waals surface area contributed by atoms with Crippen LogP contribution in [0.1, 0.15) is 25.3 Å². The molecule has 1 aromatic rings. The largest absolute Gasteiger partial charge is 2.00 e. The van der Waals surface area contributed by atoms with E-state index < -0.39 is 0 Å². The third-order valence-electron chi connectivity index (χ3n) is 1.47. The Morgan fingerprint density at radius 2 is 1.50 bits per heavy atom. The molecule has 1 heteroatoms. The molecular weight excluding hydrogens is 172 g/mol. The normalized spacial score (nSPS) is 9.10. The number of rotatable bonds is 1. The molecule has 0 nitrogen and oxygen atoms in total. The van der Waals surface area contributed by atoms with E-state index >= 15 is 0 Å². The summed E-state index contributed by atoms with van der Waals surface area (Å²) in [7, 11) is 0. The van der Waals surface area contributed by atoms with Crippen LogP contribution >= 0.6 is 0 Å². The van der Waals surface area contributed by atoms with Crippen molar-refractivity contribution in [2.24, 2.45) is 0 Å². The SMILES string of the molecule is CC(C)c1ccccc1.[Cu+2]. The Morgan fingerprint density at radius 1 is 1.00 bits per heavy atom. The molecule has 0 bridgehead atoms. The topological polar surface area (TPSA) is 0 Å². The molecule has 1 aromatic carbocycles. The molecule has 0 aliphatic carbocycles. The van der Waals surface area contributed by atoms with Crippen molar-refractivity contribution < 1.29 is 17.1 Å². The molecule has 0 saturated carbocycles. The number of hydrogen-bond donors (Lipinski definition) is 0. The van der Waals surface area contributed by atoms with E-state index in [2.05, 4.69) is 38.1 Å². The quantitative estimate of drug-likeness (QED) is 0.588. The number of hydrogen-bond acceptors (Lipinski definition) is 0. The first-order valence-corrected chi connectivity index (χ1v) is 3.35. The Bertz CT molecular complexity index is 167. The van der Waals surface area contributed by atoms with Crippen molar-refractivity contribution in [3.8, 4) is 0 Å². The molecule has 1 radical (unpaired) electrons. The van der Waals surface area contributed by atoms with Crippen LogP contribution < -0.4 is 0 Å². The standard InChI is InChI=1S/C9H12.Cu/c1-8(2)9-6-4-3-5-7-9;/h3-8H,1-2H3;/q;+2. The molecule has 0 heterocycles. The van der Waals surface area contributed by atoms with E-state index in [1.807, 2.05) is 6.07 Å². The maximum Gasteiger partial charge on any atom is 2.00 e. The van der Waals surface area contributed by atoms with Gasteiger partial charge < -0.3 is 0 Å². The van der Waals surface area contributed by atoms with E-state index in [-0.39, 0.29) is 17.1 Å². The molecule has 0 unspecified atom stereocenters. The van der Waals surface area contributed by atoms with E-state index in [4.69, 9.17) is 0 Å². The Labute approximate surface area is 73.1 Å². The van der Waals surface area contributed by atoms with Crippen LogP contribution in [0, 0.1) is 0 Å². The van der Waals surface area contributed by atoms with Crippen LogP contribution in [0.3, 0.4) is 0 Å². The Balaban J connectivity index is 0.000000810. The van der Waals surface area contributed by atoms with Gasteiger partial charge in [-0.25, -0.2) is 0 Å². The minimum Gasteiger partial charge on any atom is -0.0622 e. The second-order valence-electron chi connectivity index (χ2n) is 2.57. The molecule has 0 amide bonds. The molecule has 0 spiro atoms. The van der Waals surface area contributed by atoms with Crippen LogP contribution in [0.4, 0.5) is 0 Å². The van der Waals surface area contributed by atoms with Crippen molar-refractivity contribution in [3.05, 3.63) is 35.9 Å². The van der Waals surface area contributed by atoms with Crippen molar-refractivity contribution in [3.63, 3.8) is 0 Å². The average Bonchev–Trinajstić information content (AvgIpc) is 1.90. The van der Waals surface area contributed by atoms with Gasteiger partial charge in [0.05, 0.1) is 0 Å². The van der Waals surface area contributed by atoms with Crippen LogP contribution in [0.25, 0.3) is 0 Å². The van der Waals surface area contributed by atoms with Gasteiger partial charge in [-0.3, -0.25) is 0 Å². The van der Waals surface area contributed by atoms with Crippen molar-refractivity contribution in [2.75, 3.05) is 0 Å². The summed E-state index contributed by atoms with van der Waals surface area (Å²) in [6, 6.07) is 10.5. The maximum absolute atomic E-state index is 2.20. The van der Waals surface area contributed by atoms with Crippen LogP contribution in [0.2, 0.25) is 0 Å². The van der Waals surface area contributed by atoms with Crippen molar-refractivity contribution in [2.45, 2.75) is 19.8 Å². The molecule has 0 saturated heterocycles. The van der Waals surface area contributed by atoms with Gasteiger partial charge in [0.25, 0.3) is 0 Å². The fraction of sp³-hybridized carbons (Fsp3) is 0.333. The fourth-order valence-electron chi connectivity index (χ4n) is 0.838. The summed E-state index contributed by atoms with van der Waals surface area (Å²) in [5, 5.41) is 0. The van der Waals surface area contributed by atoms with Crippen LogP contribution in [0.5, 0.6) is 0 Å². The summed E-state index contributed by atoms with van der Waals surface area (Å²) in [6.07, 6.45) is 0. The van der Waals surface area contributed by atoms with E-state index in [9.17, 15) is 0 Å². The van der Waals surface area contributed by atoms with Crippen LogP contribution in [-0.4, -0.2) is 0 Å².